The summed E-state index contributed by atoms with van der Waals surface area (Å²) in [7, 11) is 0. The van der Waals surface area contributed by atoms with Crippen LogP contribution in [-0.2, 0) is 6.54 Å². The number of nitrogens with one attached hydrogen (secondary N) is 1. The second-order valence-corrected chi connectivity index (χ2v) is 3.94. The molecule has 0 aliphatic carbocycles. The lowest BCUT2D eigenvalue weighted by atomic mass is 10.2. The van der Waals surface area contributed by atoms with Crippen molar-refractivity contribution in [1.29, 1.82) is 0 Å². The molecule has 2 aromatic rings. The van der Waals surface area contributed by atoms with Gasteiger partial charge in [0, 0.05) is 12.1 Å². The second kappa shape index (κ2) is 5.05. The van der Waals surface area contributed by atoms with E-state index in [-0.39, 0.29) is 11.9 Å². The Balaban J connectivity index is 1.93. The van der Waals surface area contributed by atoms with Crippen LogP contribution in [-0.4, -0.2) is 10.1 Å². The van der Waals surface area contributed by atoms with E-state index >= 15 is 0 Å². The Hall–Kier alpha value is -1.75. The number of halogens is 1. The third-order valence-corrected chi connectivity index (χ3v) is 2.45. The molecule has 0 saturated heterocycles. The van der Waals surface area contributed by atoms with Crippen molar-refractivity contribution in [3.8, 4) is 0 Å². The maximum Gasteiger partial charge on any atom is 0.150 e. The highest BCUT2D eigenvalue weighted by molar-refractivity contribution is 5.09. The molecule has 0 spiro atoms. The SMILES string of the molecule is Cc1cc(CNC(C)c2ccc(F)cn2)on1. The van der Waals surface area contributed by atoms with Crippen molar-refractivity contribution in [2.45, 2.75) is 26.4 Å². The zero-order chi connectivity index (χ0) is 12.3. The second-order valence-electron chi connectivity index (χ2n) is 3.94. The van der Waals surface area contributed by atoms with Crippen LogP contribution in [0.2, 0.25) is 0 Å². The summed E-state index contributed by atoms with van der Waals surface area (Å²) in [4.78, 5) is 4.01. The molecule has 0 aliphatic heterocycles. The van der Waals surface area contributed by atoms with Crippen molar-refractivity contribution in [3.05, 3.63) is 47.4 Å². The molecular formula is C12H14FN3O. The standard InChI is InChI=1S/C12H14FN3O/c1-8-5-11(17-16-8)7-14-9(2)12-4-3-10(13)6-15-12/h3-6,9,14H,7H2,1-2H3. The Morgan fingerprint density at radius 3 is 2.88 bits per heavy atom. The van der Waals surface area contributed by atoms with E-state index in [1.54, 1.807) is 6.07 Å². The van der Waals surface area contributed by atoms with Crippen LogP contribution in [0.1, 0.15) is 30.1 Å². The molecule has 2 aromatic heterocycles. The van der Waals surface area contributed by atoms with Gasteiger partial charge in [0.1, 0.15) is 5.82 Å². The summed E-state index contributed by atoms with van der Waals surface area (Å²) < 4.78 is 17.8. The zero-order valence-electron chi connectivity index (χ0n) is 9.77. The molecule has 1 atom stereocenters. The molecule has 0 radical (unpaired) electrons. The normalized spacial score (nSPS) is 12.6. The van der Waals surface area contributed by atoms with Crippen LogP contribution >= 0.6 is 0 Å². The van der Waals surface area contributed by atoms with Gasteiger partial charge in [0.15, 0.2) is 5.76 Å². The van der Waals surface area contributed by atoms with E-state index in [1.807, 2.05) is 19.9 Å². The van der Waals surface area contributed by atoms with Crippen LogP contribution in [0.15, 0.2) is 28.9 Å². The number of aryl methyl sites for hydroxylation is 1. The molecule has 0 amide bonds. The summed E-state index contributed by atoms with van der Waals surface area (Å²) in [5.41, 5.74) is 1.65. The van der Waals surface area contributed by atoms with Crippen molar-refractivity contribution < 1.29 is 8.91 Å². The van der Waals surface area contributed by atoms with E-state index in [0.29, 0.717) is 6.54 Å². The molecule has 2 heterocycles. The topological polar surface area (TPSA) is 51.0 Å². The van der Waals surface area contributed by atoms with Crippen molar-refractivity contribution in [1.82, 2.24) is 15.5 Å². The molecular weight excluding hydrogens is 221 g/mol. The highest BCUT2D eigenvalue weighted by Gasteiger charge is 2.08. The third kappa shape index (κ3) is 3.10. The van der Waals surface area contributed by atoms with Gasteiger partial charge in [-0.1, -0.05) is 5.16 Å². The highest BCUT2D eigenvalue weighted by atomic mass is 19.1. The lowest BCUT2D eigenvalue weighted by Gasteiger charge is -2.11. The Labute approximate surface area is 98.8 Å². The predicted molar refractivity (Wildman–Crippen MR) is 60.7 cm³/mol. The summed E-state index contributed by atoms with van der Waals surface area (Å²) >= 11 is 0. The Morgan fingerprint density at radius 2 is 2.29 bits per heavy atom. The van der Waals surface area contributed by atoms with Crippen LogP contribution in [0.25, 0.3) is 0 Å². The van der Waals surface area contributed by atoms with Gasteiger partial charge in [0.05, 0.1) is 24.1 Å². The first kappa shape index (κ1) is 11.7. The number of nitrogens with zero attached hydrogens (tertiary/aromatic N) is 2. The molecule has 5 heteroatoms. The molecule has 90 valence electrons. The van der Waals surface area contributed by atoms with Gasteiger partial charge in [-0.25, -0.2) is 4.39 Å². The van der Waals surface area contributed by atoms with Crippen LogP contribution in [0, 0.1) is 12.7 Å². The lowest BCUT2D eigenvalue weighted by Crippen LogP contribution is -2.18. The van der Waals surface area contributed by atoms with Gasteiger partial charge in [-0.15, -0.1) is 0 Å². The van der Waals surface area contributed by atoms with E-state index in [4.69, 9.17) is 4.52 Å². The first-order valence-corrected chi connectivity index (χ1v) is 5.42. The number of hydrogen-bond donors (Lipinski definition) is 1. The number of aromatic nitrogens is 2. The van der Waals surface area contributed by atoms with Gasteiger partial charge in [-0.2, -0.15) is 0 Å². The summed E-state index contributed by atoms with van der Waals surface area (Å²) in [6.45, 7) is 4.41. The molecule has 0 bridgehead atoms. The summed E-state index contributed by atoms with van der Waals surface area (Å²) in [6.07, 6.45) is 1.21. The maximum absolute atomic E-state index is 12.7. The molecule has 17 heavy (non-hydrogen) atoms. The van der Waals surface area contributed by atoms with E-state index in [1.165, 1.54) is 12.3 Å². The van der Waals surface area contributed by atoms with Crippen molar-refractivity contribution >= 4 is 0 Å². The van der Waals surface area contributed by atoms with Crippen molar-refractivity contribution in [2.75, 3.05) is 0 Å². The minimum atomic E-state index is -0.327. The largest absolute Gasteiger partial charge is 0.360 e. The molecule has 0 aromatic carbocycles. The van der Waals surface area contributed by atoms with Gasteiger partial charge >= 0.3 is 0 Å². The molecule has 0 aliphatic rings. The first-order valence-electron chi connectivity index (χ1n) is 5.42. The summed E-state index contributed by atoms with van der Waals surface area (Å²) in [5.74, 6) is 0.447. The van der Waals surface area contributed by atoms with Crippen LogP contribution in [0.5, 0.6) is 0 Å². The van der Waals surface area contributed by atoms with Gasteiger partial charge in [0.25, 0.3) is 0 Å². The maximum atomic E-state index is 12.7. The predicted octanol–water partition coefficient (Wildman–Crippen LogP) is 2.37. The van der Waals surface area contributed by atoms with Crippen molar-refractivity contribution in [2.24, 2.45) is 0 Å². The van der Waals surface area contributed by atoms with Crippen LogP contribution in [0.4, 0.5) is 4.39 Å². The highest BCUT2D eigenvalue weighted by Crippen LogP contribution is 2.11. The van der Waals surface area contributed by atoms with Crippen LogP contribution < -0.4 is 5.32 Å². The van der Waals surface area contributed by atoms with E-state index in [0.717, 1.165) is 17.1 Å². The minimum absolute atomic E-state index is 0.0287. The fourth-order valence-corrected chi connectivity index (χ4v) is 1.50. The number of rotatable bonds is 4. The molecule has 4 nitrogen and oxygen atoms in total. The Morgan fingerprint density at radius 1 is 1.47 bits per heavy atom. The lowest BCUT2D eigenvalue weighted by molar-refractivity contribution is 0.362. The van der Waals surface area contributed by atoms with Gasteiger partial charge < -0.3 is 9.84 Å². The molecule has 1 unspecified atom stereocenters. The molecule has 1 N–H and O–H groups in total. The van der Waals surface area contributed by atoms with E-state index < -0.39 is 0 Å². The van der Waals surface area contributed by atoms with E-state index in [9.17, 15) is 4.39 Å². The average Bonchev–Trinajstić information content (AvgIpc) is 2.73. The van der Waals surface area contributed by atoms with E-state index in [2.05, 4.69) is 15.5 Å². The Kier molecular flexibility index (Phi) is 3.49. The zero-order valence-corrected chi connectivity index (χ0v) is 9.77. The molecule has 0 saturated carbocycles. The monoisotopic (exact) mass is 235 g/mol. The van der Waals surface area contributed by atoms with Gasteiger partial charge in [-0.05, 0) is 26.0 Å². The van der Waals surface area contributed by atoms with Gasteiger partial charge in [-0.3, -0.25) is 4.98 Å². The van der Waals surface area contributed by atoms with Crippen LogP contribution in [0.3, 0.4) is 0 Å². The third-order valence-electron chi connectivity index (χ3n) is 2.45. The summed E-state index contributed by atoms with van der Waals surface area (Å²) in [5, 5.41) is 7.03. The minimum Gasteiger partial charge on any atom is -0.360 e. The smallest absolute Gasteiger partial charge is 0.150 e. The fraction of sp³-hybridized carbons (Fsp3) is 0.333. The van der Waals surface area contributed by atoms with Crippen molar-refractivity contribution in [3.63, 3.8) is 0 Å². The average molecular weight is 235 g/mol. The molecule has 0 fully saturated rings. The number of hydrogen-bond acceptors (Lipinski definition) is 4. The summed E-state index contributed by atoms with van der Waals surface area (Å²) in [6, 6.07) is 4.97. The Bertz CT molecular complexity index is 481. The number of pyridine rings is 1. The first-order chi connectivity index (χ1) is 8.15. The molecule has 2 rings (SSSR count). The fourth-order valence-electron chi connectivity index (χ4n) is 1.50. The quantitative estimate of drug-likeness (QED) is 0.883. The van der Waals surface area contributed by atoms with Gasteiger partial charge in [0.2, 0.25) is 0 Å².